The molecule has 1 aliphatic heterocycles. The van der Waals surface area contributed by atoms with Gasteiger partial charge in [-0.05, 0) is 101 Å². The number of carbonyl (C=O) groups is 3. The second-order valence-electron chi connectivity index (χ2n) is 20.7. The minimum atomic E-state index is -1.92. The minimum absolute atomic E-state index is 0.00966. The van der Waals surface area contributed by atoms with Gasteiger partial charge in [-0.1, -0.05) is 24.3 Å². The number of fused-ring (bicyclic) bond motifs is 1. The topological polar surface area (TPSA) is 336 Å². The normalized spacial score (nSPS) is 30.2. The molecule has 6 aliphatic rings. The van der Waals surface area contributed by atoms with Crippen molar-refractivity contribution in [3.63, 3.8) is 0 Å². The van der Waals surface area contributed by atoms with Gasteiger partial charge in [0.2, 0.25) is 5.91 Å². The maximum atomic E-state index is 14.6. The standard InChI is InChI=1S/C46H71N5O16/c1-44(2,3)67-43(64)49-40(41(62)51-30(17-47)11-29-12-31(29)51)45-13-27-10-28(14-45)16-46(15-27,24-45)66-9-8-65-42(63)48-18-25-4-6-26(7-5-25)19-50(20-32(54)36(58)38(60)34(56)22-52)21-33(55)37(59)39(61)35(57)23-53/h4-7,27-40,52-61H,8-16,18-24H2,1-3H3,(H,48,63)(H,49,64)/t27-,28?,29+,30-,31-,32-,33-,34+,35+,36+,37+,38+,39+,40+,45?,46?/m0/s1. The quantitative estimate of drug-likeness (QED) is 0.0547. The molecular formula is C46H71N5O16. The van der Waals surface area contributed by atoms with E-state index in [-0.39, 0.29) is 50.1 Å². The number of hydrogen-bond acceptors (Lipinski definition) is 18. The van der Waals surface area contributed by atoms with Gasteiger partial charge >= 0.3 is 12.2 Å². The Balaban J connectivity index is 1.02. The van der Waals surface area contributed by atoms with Gasteiger partial charge in [-0.15, -0.1) is 0 Å². The molecule has 3 amide bonds. The van der Waals surface area contributed by atoms with Crippen LogP contribution in [0.5, 0.6) is 0 Å². The summed E-state index contributed by atoms with van der Waals surface area (Å²) in [7, 11) is 0. The number of carbonyl (C=O) groups excluding carboxylic acids is 3. The van der Waals surface area contributed by atoms with Crippen LogP contribution in [-0.4, -0.2) is 197 Å². The van der Waals surface area contributed by atoms with Crippen molar-refractivity contribution in [2.24, 2.45) is 23.2 Å². The molecule has 3 unspecified atom stereocenters. The molecule has 5 saturated carbocycles. The van der Waals surface area contributed by atoms with Gasteiger partial charge in [0.25, 0.3) is 0 Å². The number of aliphatic hydroxyl groups excluding tert-OH is 10. The summed E-state index contributed by atoms with van der Waals surface area (Å²) in [4.78, 5) is 43.8. The summed E-state index contributed by atoms with van der Waals surface area (Å²) in [6.45, 7) is 2.76. The molecule has 16 atom stereocenters. The average molecular weight is 950 g/mol. The SMILES string of the molecule is CC(C)(C)OC(=O)N[C@H](C(=O)N1[C@H](C#N)C[C@@H]2C[C@@H]21)C12CC3C[C@H](CC(OCCOC(=O)NCc4ccc(CN(C[C@H](O)[C@@H](O)[C@H](O)[C@H](O)CO)C[C@H](O)[C@@H](O)[C@H](O)[C@H](O)CO)cc4)(C3)C1)C2. The molecule has 1 heterocycles. The predicted octanol–water partition coefficient (Wildman–Crippen LogP) is -1.65. The Morgan fingerprint density at radius 2 is 1.34 bits per heavy atom. The highest BCUT2D eigenvalue weighted by Crippen LogP contribution is 2.64. The van der Waals surface area contributed by atoms with Crippen LogP contribution in [0, 0.1) is 34.5 Å². The van der Waals surface area contributed by atoms with Crippen molar-refractivity contribution < 1.29 is 79.7 Å². The smallest absolute Gasteiger partial charge is 0.408 e. The molecule has 67 heavy (non-hydrogen) atoms. The fraction of sp³-hybridized carbons (Fsp3) is 0.783. The van der Waals surface area contributed by atoms with E-state index in [1.54, 1.807) is 49.9 Å². The Morgan fingerprint density at radius 1 is 0.791 bits per heavy atom. The molecule has 21 heteroatoms. The number of nitrogens with zero attached hydrogens (tertiary/aromatic N) is 3. The number of alkyl carbamates (subject to hydrolysis) is 2. The van der Waals surface area contributed by atoms with Crippen LogP contribution in [-0.2, 0) is 32.1 Å². The van der Waals surface area contributed by atoms with Crippen LogP contribution < -0.4 is 10.6 Å². The van der Waals surface area contributed by atoms with Gasteiger partial charge < -0.3 is 80.8 Å². The monoisotopic (exact) mass is 949 g/mol. The third-order valence-electron chi connectivity index (χ3n) is 14.2. The van der Waals surface area contributed by atoms with Crippen molar-refractivity contribution in [1.82, 2.24) is 20.4 Å². The molecule has 5 aliphatic carbocycles. The number of likely N-dealkylation sites (tertiary alicyclic amines) is 1. The average Bonchev–Trinajstić information content (AvgIpc) is 3.94. The van der Waals surface area contributed by atoms with Crippen LogP contribution in [0.25, 0.3) is 0 Å². The van der Waals surface area contributed by atoms with Crippen molar-refractivity contribution in [2.45, 2.75) is 163 Å². The zero-order valence-electron chi connectivity index (χ0n) is 38.5. The van der Waals surface area contributed by atoms with E-state index in [0.29, 0.717) is 29.9 Å². The molecule has 0 spiro atoms. The lowest BCUT2D eigenvalue weighted by Crippen LogP contribution is -2.67. The summed E-state index contributed by atoms with van der Waals surface area (Å²) in [5.41, 5.74) is -0.698. The molecule has 7 rings (SSSR count). The van der Waals surface area contributed by atoms with Gasteiger partial charge in [-0.25, -0.2) is 9.59 Å². The summed E-state index contributed by atoms with van der Waals surface area (Å²) in [6, 6.07) is 7.65. The lowest BCUT2D eigenvalue weighted by atomic mass is 9.46. The van der Waals surface area contributed by atoms with E-state index in [4.69, 9.17) is 24.4 Å². The summed E-state index contributed by atoms with van der Waals surface area (Å²) in [6.07, 6.45) is -9.93. The Morgan fingerprint density at radius 3 is 1.88 bits per heavy atom. The van der Waals surface area contributed by atoms with Gasteiger partial charge in [0.15, 0.2) is 0 Å². The summed E-state index contributed by atoms with van der Waals surface area (Å²) >= 11 is 0. The van der Waals surface area contributed by atoms with Crippen molar-refractivity contribution in [2.75, 3.05) is 39.5 Å². The molecule has 4 bridgehead atoms. The maximum Gasteiger partial charge on any atom is 0.408 e. The second kappa shape index (κ2) is 21.9. The number of hydrogen-bond donors (Lipinski definition) is 12. The Labute approximate surface area is 390 Å². The molecule has 12 N–H and O–H groups in total. The summed E-state index contributed by atoms with van der Waals surface area (Å²) < 4.78 is 17.7. The molecule has 1 aromatic rings. The number of piperidine rings is 1. The maximum absolute atomic E-state index is 14.6. The van der Waals surface area contributed by atoms with E-state index in [9.17, 15) is 60.5 Å². The van der Waals surface area contributed by atoms with Gasteiger partial charge in [0.1, 0.15) is 60.9 Å². The first-order valence-corrected chi connectivity index (χ1v) is 23.3. The number of nitriles is 1. The van der Waals surface area contributed by atoms with Crippen LogP contribution in [0.3, 0.4) is 0 Å². The van der Waals surface area contributed by atoms with Crippen LogP contribution in [0.4, 0.5) is 9.59 Å². The van der Waals surface area contributed by atoms with Gasteiger partial charge in [0.05, 0.1) is 43.7 Å². The third-order valence-corrected chi connectivity index (χ3v) is 14.2. The van der Waals surface area contributed by atoms with E-state index in [0.717, 1.165) is 38.5 Å². The predicted molar refractivity (Wildman–Crippen MR) is 234 cm³/mol. The van der Waals surface area contributed by atoms with Crippen LogP contribution in [0.2, 0.25) is 0 Å². The summed E-state index contributed by atoms with van der Waals surface area (Å²) in [5.74, 6) is 0.620. The zero-order chi connectivity index (χ0) is 49.0. The second-order valence-corrected chi connectivity index (χ2v) is 20.7. The Kier molecular flexibility index (Phi) is 17.2. The molecule has 0 radical (unpaired) electrons. The Bertz CT molecular complexity index is 1840. The molecule has 1 saturated heterocycles. The lowest BCUT2D eigenvalue weighted by Gasteiger charge is -2.63. The van der Waals surface area contributed by atoms with Crippen LogP contribution >= 0.6 is 0 Å². The number of amides is 3. The van der Waals surface area contributed by atoms with Crippen molar-refractivity contribution in [1.29, 1.82) is 5.26 Å². The van der Waals surface area contributed by atoms with E-state index in [1.807, 2.05) is 0 Å². The van der Waals surface area contributed by atoms with Gasteiger partial charge in [-0.2, -0.15) is 5.26 Å². The number of benzene rings is 1. The molecule has 0 aromatic heterocycles. The third kappa shape index (κ3) is 12.9. The fourth-order valence-corrected chi connectivity index (χ4v) is 11.4. The van der Waals surface area contributed by atoms with E-state index >= 15 is 0 Å². The van der Waals surface area contributed by atoms with Gasteiger partial charge in [-0.3, -0.25) is 9.69 Å². The van der Waals surface area contributed by atoms with Crippen molar-refractivity contribution in [3.05, 3.63) is 35.4 Å². The highest BCUT2D eigenvalue weighted by molar-refractivity contribution is 5.88. The molecule has 1 aromatic carbocycles. The molecule has 376 valence electrons. The number of aliphatic hydroxyl groups is 10. The number of rotatable bonds is 23. The zero-order valence-corrected chi connectivity index (χ0v) is 38.5. The number of ether oxygens (including phenoxy) is 3. The molecule has 21 nitrogen and oxygen atoms in total. The highest BCUT2D eigenvalue weighted by Gasteiger charge is 2.65. The minimum Gasteiger partial charge on any atom is -0.447 e. The first-order chi connectivity index (χ1) is 31.6. The first-order valence-electron chi connectivity index (χ1n) is 23.3. The van der Waals surface area contributed by atoms with Crippen molar-refractivity contribution in [3.8, 4) is 6.07 Å². The lowest BCUT2D eigenvalue weighted by molar-refractivity contribution is -0.205. The first kappa shape index (κ1) is 52.6. The van der Waals surface area contributed by atoms with Crippen LogP contribution in [0.1, 0.15) is 83.3 Å². The summed E-state index contributed by atoms with van der Waals surface area (Å²) in [5, 5.41) is 116. The Hall–Kier alpha value is -3.76. The van der Waals surface area contributed by atoms with Gasteiger partial charge in [0, 0.05) is 37.6 Å². The van der Waals surface area contributed by atoms with Crippen molar-refractivity contribution >= 4 is 18.1 Å². The van der Waals surface area contributed by atoms with E-state index in [1.165, 1.54) is 4.90 Å². The largest absolute Gasteiger partial charge is 0.447 e. The van der Waals surface area contributed by atoms with E-state index in [2.05, 4.69) is 16.7 Å². The fourth-order valence-electron chi connectivity index (χ4n) is 11.4. The molecule has 6 fully saturated rings. The highest BCUT2D eigenvalue weighted by atomic mass is 16.6. The molecular weight excluding hydrogens is 879 g/mol. The van der Waals surface area contributed by atoms with E-state index < -0.39 is 116 Å². The van der Waals surface area contributed by atoms with Crippen LogP contribution in [0.15, 0.2) is 24.3 Å². The number of nitrogens with one attached hydrogen (secondary N) is 2.